The number of hydrogen-bond donors (Lipinski definition) is 1. The molecule has 152 valence electrons. The third kappa shape index (κ3) is 4.80. The van der Waals surface area contributed by atoms with Gasteiger partial charge in [0.05, 0.1) is 11.0 Å². The lowest BCUT2D eigenvalue weighted by Crippen LogP contribution is -2.37. The Hall–Kier alpha value is -3.22. The van der Waals surface area contributed by atoms with E-state index in [2.05, 4.69) is 10.3 Å². The molecule has 0 aliphatic rings. The van der Waals surface area contributed by atoms with Crippen LogP contribution in [0.3, 0.4) is 0 Å². The number of halogens is 1. The van der Waals surface area contributed by atoms with Gasteiger partial charge in [-0.25, -0.2) is 9.37 Å². The first-order chi connectivity index (χ1) is 14.0. The molecule has 3 aromatic rings. The summed E-state index contributed by atoms with van der Waals surface area (Å²) in [6.45, 7) is 5.56. The van der Waals surface area contributed by atoms with Crippen LogP contribution in [-0.2, 0) is 17.8 Å². The van der Waals surface area contributed by atoms with Crippen LogP contribution in [0.2, 0.25) is 0 Å². The van der Waals surface area contributed by atoms with E-state index in [-0.39, 0.29) is 23.8 Å². The molecule has 1 heterocycles. The summed E-state index contributed by atoms with van der Waals surface area (Å²) >= 11 is 0. The first kappa shape index (κ1) is 20.5. The zero-order valence-electron chi connectivity index (χ0n) is 16.7. The Morgan fingerprint density at radius 2 is 1.79 bits per heavy atom. The Morgan fingerprint density at radius 1 is 1.10 bits per heavy atom. The summed E-state index contributed by atoms with van der Waals surface area (Å²) in [5.74, 6) is -0.186. The molecule has 0 aliphatic carbocycles. The van der Waals surface area contributed by atoms with Crippen molar-refractivity contribution in [2.45, 2.75) is 26.8 Å². The van der Waals surface area contributed by atoms with E-state index in [4.69, 9.17) is 0 Å². The number of hydrogen-bond acceptors (Lipinski definition) is 4. The van der Waals surface area contributed by atoms with E-state index in [1.807, 2.05) is 36.9 Å². The maximum Gasteiger partial charge on any atom is 0.294 e. The van der Waals surface area contributed by atoms with Gasteiger partial charge in [-0.05, 0) is 50.1 Å². The second-order valence-corrected chi connectivity index (χ2v) is 6.71. The second kappa shape index (κ2) is 9.32. The molecule has 1 aromatic heterocycles. The van der Waals surface area contributed by atoms with Gasteiger partial charge in [0.2, 0.25) is 5.91 Å². The maximum atomic E-state index is 13.0. The highest BCUT2D eigenvalue weighted by Crippen LogP contribution is 2.14. The molecule has 0 radical (unpaired) electrons. The zero-order valence-corrected chi connectivity index (χ0v) is 16.7. The van der Waals surface area contributed by atoms with E-state index < -0.39 is 0 Å². The average Bonchev–Trinajstić information content (AvgIpc) is 2.73. The zero-order chi connectivity index (χ0) is 20.8. The van der Waals surface area contributed by atoms with Crippen LogP contribution in [0.25, 0.3) is 11.0 Å². The molecular formula is C22H25FN4O2. The third-order valence-corrected chi connectivity index (χ3v) is 4.85. The monoisotopic (exact) mass is 396 g/mol. The smallest absolute Gasteiger partial charge is 0.294 e. The van der Waals surface area contributed by atoms with Gasteiger partial charge in [0.1, 0.15) is 12.4 Å². The number of anilines is 1. The molecule has 6 nitrogen and oxygen atoms in total. The van der Waals surface area contributed by atoms with Crippen molar-refractivity contribution in [2.24, 2.45) is 0 Å². The number of carbonyl (C=O) groups excluding carboxylic acids is 1. The van der Waals surface area contributed by atoms with Crippen LogP contribution in [0.5, 0.6) is 0 Å². The molecule has 0 fully saturated rings. The highest BCUT2D eigenvalue weighted by molar-refractivity contribution is 5.81. The van der Waals surface area contributed by atoms with E-state index >= 15 is 0 Å². The van der Waals surface area contributed by atoms with Crippen molar-refractivity contribution >= 4 is 22.8 Å². The normalized spacial score (nSPS) is 10.9. The van der Waals surface area contributed by atoms with Gasteiger partial charge in [0.25, 0.3) is 5.56 Å². The van der Waals surface area contributed by atoms with Crippen LogP contribution in [0.4, 0.5) is 10.2 Å². The van der Waals surface area contributed by atoms with Gasteiger partial charge in [-0.15, -0.1) is 0 Å². The SMILES string of the molecule is CCN(CC)c1nc2ccccc2n(CC(=O)NCCc2ccc(F)cc2)c1=O. The van der Waals surface area contributed by atoms with Gasteiger partial charge >= 0.3 is 0 Å². The van der Waals surface area contributed by atoms with Crippen LogP contribution in [-0.4, -0.2) is 35.1 Å². The number of rotatable bonds is 8. The molecule has 2 aromatic carbocycles. The van der Waals surface area contributed by atoms with Crippen molar-refractivity contribution < 1.29 is 9.18 Å². The fourth-order valence-corrected chi connectivity index (χ4v) is 3.26. The molecule has 0 aliphatic heterocycles. The number of nitrogens with zero attached hydrogens (tertiary/aromatic N) is 3. The van der Waals surface area contributed by atoms with Crippen molar-refractivity contribution in [3.63, 3.8) is 0 Å². The molecule has 29 heavy (non-hydrogen) atoms. The van der Waals surface area contributed by atoms with Crippen molar-refractivity contribution in [3.8, 4) is 0 Å². The van der Waals surface area contributed by atoms with E-state index in [1.54, 1.807) is 18.2 Å². The number of aromatic nitrogens is 2. The summed E-state index contributed by atoms with van der Waals surface area (Å²) in [6.07, 6.45) is 0.586. The highest BCUT2D eigenvalue weighted by atomic mass is 19.1. The van der Waals surface area contributed by atoms with Crippen molar-refractivity contribution in [1.82, 2.24) is 14.9 Å². The van der Waals surface area contributed by atoms with E-state index in [1.165, 1.54) is 16.7 Å². The Balaban J connectivity index is 1.79. The standard InChI is InChI=1S/C22H25FN4O2/c1-3-26(4-2)21-22(29)27(19-8-6-5-7-18(19)25-21)15-20(28)24-14-13-16-9-11-17(23)12-10-16/h5-12H,3-4,13-15H2,1-2H3,(H,24,28). The predicted molar refractivity (Wildman–Crippen MR) is 113 cm³/mol. The molecule has 0 unspecified atom stereocenters. The Kier molecular flexibility index (Phi) is 6.59. The Bertz CT molecular complexity index is 1040. The minimum Gasteiger partial charge on any atom is -0.354 e. The molecule has 3 rings (SSSR count). The van der Waals surface area contributed by atoms with Crippen LogP contribution in [0.15, 0.2) is 53.3 Å². The molecule has 0 saturated carbocycles. The minimum absolute atomic E-state index is 0.0838. The van der Waals surface area contributed by atoms with Gasteiger partial charge in [0, 0.05) is 19.6 Å². The van der Waals surface area contributed by atoms with Crippen LogP contribution in [0.1, 0.15) is 19.4 Å². The lowest BCUT2D eigenvalue weighted by atomic mass is 10.1. The number of carbonyl (C=O) groups is 1. The number of fused-ring (bicyclic) bond motifs is 1. The lowest BCUT2D eigenvalue weighted by Gasteiger charge is -2.21. The topological polar surface area (TPSA) is 67.2 Å². The maximum absolute atomic E-state index is 13.0. The van der Waals surface area contributed by atoms with Gasteiger partial charge in [-0.3, -0.25) is 14.2 Å². The van der Waals surface area contributed by atoms with E-state index in [0.29, 0.717) is 42.9 Å². The average molecular weight is 396 g/mol. The molecule has 7 heteroatoms. The second-order valence-electron chi connectivity index (χ2n) is 6.71. The van der Waals surface area contributed by atoms with Crippen molar-refractivity contribution in [2.75, 3.05) is 24.5 Å². The third-order valence-electron chi connectivity index (χ3n) is 4.85. The van der Waals surface area contributed by atoms with Crippen molar-refractivity contribution in [1.29, 1.82) is 0 Å². The van der Waals surface area contributed by atoms with Gasteiger partial charge in [0.15, 0.2) is 5.82 Å². The number of benzene rings is 2. The number of amides is 1. The molecule has 0 bridgehead atoms. The molecule has 0 atom stereocenters. The first-order valence-electron chi connectivity index (χ1n) is 9.79. The van der Waals surface area contributed by atoms with E-state index in [9.17, 15) is 14.0 Å². The minimum atomic E-state index is -0.286. The number of para-hydroxylation sites is 2. The quantitative estimate of drug-likeness (QED) is 0.636. The fourth-order valence-electron chi connectivity index (χ4n) is 3.26. The molecular weight excluding hydrogens is 371 g/mol. The fraction of sp³-hybridized carbons (Fsp3) is 0.318. The predicted octanol–water partition coefficient (Wildman–Crippen LogP) is 2.74. The summed E-state index contributed by atoms with van der Waals surface area (Å²) < 4.78 is 14.5. The molecule has 0 spiro atoms. The van der Waals surface area contributed by atoms with Gasteiger partial charge < -0.3 is 10.2 Å². The molecule has 1 N–H and O–H groups in total. The van der Waals surface area contributed by atoms with Crippen molar-refractivity contribution in [3.05, 3.63) is 70.3 Å². The van der Waals surface area contributed by atoms with E-state index in [0.717, 1.165) is 5.56 Å². The highest BCUT2D eigenvalue weighted by Gasteiger charge is 2.16. The van der Waals surface area contributed by atoms with Crippen LogP contribution in [0, 0.1) is 5.82 Å². The van der Waals surface area contributed by atoms with Gasteiger partial charge in [-0.1, -0.05) is 24.3 Å². The van der Waals surface area contributed by atoms with Gasteiger partial charge in [-0.2, -0.15) is 0 Å². The Morgan fingerprint density at radius 3 is 2.48 bits per heavy atom. The summed E-state index contributed by atoms with van der Waals surface area (Å²) in [5.41, 5.74) is 1.96. The summed E-state index contributed by atoms with van der Waals surface area (Å²) in [4.78, 5) is 32.0. The lowest BCUT2D eigenvalue weighted by molar-refractivity contribution is -0.121. The summed E-state index contributed by atoms with van der Waals surface area (Å²) in [6, 6.07) is 13.5. The molecule has 0 saturated heterocycles. The van der Waals surface area contributed by atoms with Crippen LogP contribution < -0.4 is 15.8 Å². The summed E-state index contributed by atoms with van der Waals surface area (Å²) in [5, 5.41) is 2.84. The summed E-state index contributed by atoms with van der Waals surface area (Å²) in [7, 11) is 0. The van der Waals surface area contributed by atoms with Crippen LogP contribution >= 0.6 is 0 Å². The molecule has 1 amide bonds. The number of nitrogens with one attached hydrogen (secondary N) is 1. The Labute approximate surface area is 169 Å². The first-order valence-corrected chi connectivity index (χ1v) is 9.79. The largest absolute Gasteiger partial charge is 0.354 e.